The molecule has 0 atom stereocenters. The van der Waals surface area contributed by atoms with E-state index in [0.717, 1.165) is 25.7 Å². The first-order chi connectivity index (χ1) is 9.06. The van der Waals surface area contributed by atoms with E-state index >= 15 is 0 Å². The fourth-order valence-corrected chi connectivity index (χ4v) is 2.76. The van der Waals surface area contributed by atoms with Crippen LogP contribution >= 0.6 is 15.9 Å². The minimum absolute atomic E-state index is 0.0585. The highest BCUT2D eigenvalue weighted by Crippen LogP contribution is 2.24. The number of nitro groups is 1. The van der Waals surface area contributed by atoms with Crippen LogP contribution in [0.1, 0.15) is 36.0 Å². The van der Waals surface area contributed by atoms with Crippen LogP contribution < -0.4 is 5.32 Å². The molecule has 2 rings (SSSR count). The molecule has 5 nitrogen and oxygen atoms in total. The molecule has 0 radical (unpaired) electrons. The Morgan fingerprint density at radius 1 is 1.32 bits per heavy atom. The molecule has 0 aromatic heterocycles. The van der Waals surface area contributed by atoms with Gasteiger partial charge in [-0.3, -0.25) is 14.9 Å². The van der Waals surface area contributed by atoms with Gasteiger partial charge in [0.15, 0.2) is 0 Å². The Hall–Kier alpha value is -1.43. The second kappa shape index (κ2) is 6.14. The first-order valence-corrected chi connectivity index (χ1v) is 7.17. The molecule has 0 bridgehead atoms. The minimum Gasteiger partial charge on any atom is -0.349 e. The van der Waals surface area contributed by atoms with E-state index in [1.165, 1.54) is 18.2 Å². The van der Waals surface area contributed by atoms with Crippen LogP contribution in [0.2, 0.25) is 0 Å². The summed E-state index contributed by atoms with van der Waals surface area (Å²) in [6.45, 7) is 0. The van der Waals surface area contributed by atoms with Crippen molar-refractivity contribution in [3.63, 3.8) is 0 Å². The molecule has 19 heavy (non-hydrogen) atoms. The first kappa shape index (κ1) is 14.0. The summed E-state index contributed by atoms with van der Waals surface area (Å²) in [5.74, 6) is -0.235. The van der Waals surface area contributed by atoms with E-state index in [-0.39, 0.29) is 17.6 Å². The van der Waals surface area contributed by atoms with Crippen molar-refractivity contribution >= 4 is 27.5 Å². The summed E-state index contributed by atoms with van der Waals surface area (Å²) in [5.41, 5.74) is 0.284. The van der Waals surface area contributed by atoms with E-state index in [1.54, 1.807) is 6.07 Å². The Morgan fingerprint density at radius 3 is 2.63 bits per heavy atom. The molecule has 1 aliphatic carbocycles. The highest BCUT2D eigenvalue weighted by atomic mass is 79.9. The van der Waals surface area contributed by atoms with E-state index in [1.807, 2.05) is 0 Å². The molecule has 1 saturated carbocycles. The lowest BCUT2D eigenvalue weighted by Crippen LogP contribution is -2.37. The van der Waals surface area contributed by atoms with Crippen LogP contribution in [0, 0.1) is 10.1 Å². The van der Waals surface area contributed by atoms with Crippen molar-refractivity contribution in [3.8, 4) is 0 Å². The second-order valence-electron chi connectivity index (χ2n) is 4.73. The topological polar surface area (TPSA) is 72.2 Å². The SMILES string of the molecule is O=C(NC1CCC(Br)CC1)c1cccc([N+](=O)[O-])c1. The largest absolute Gasteiger partial charge is 0.349 e. The van der Waals surface area contributed by atoms with Gasteiger partial charge in [0.25, 0.3) is 11.6 Å². The maximum Gasteiger partial charge on any atom is 0.270 e. The quantitative estimate of drug-likeness (QED) is 0.527. The van der Waals surface area contributed by atoms with Crippen LogP contribution in [0.25, 0.3) is 0 Å². The van der Waals surface area contributed by atoms with Crippen molar-refractivity contribution in [1.29, 1.82) is 0 Å². The molecule has 0 heterocycles. The predicted molar refractivity (Wildman–Crippen MR) is 75.5 cm³/mol. The van der Waals surface area contributed by atoms with Crippen molar-refractivity contribution in [3.05, 3.63) is 39.9 Å². The van der Waals surface area contributed by atoms with Crippen LogP contribution in [0.4, 0.5) is 5.69 Å². The van der Waals surface area contributed by atoms with Crippen LogP contribution in [0.5, 0.6) is 0 Å². The van der Waals surface area contributed by atoms with Gasteiger partial charge in [-0.1, -0.05) is 22.0 Å². The maximum absolute atomic E-state index is 12.0. The second-order valence-corrected chi connectivity index (χ2v) is 6.02. The molecule has 1 amide bonds. The third-order valence-corrected chi connectivity index (χ3v) is 4.23. The zero-order valence-electron chi connectivity index (χ0n) is 10.3. The lowest BCUT2D eigenvalue weighted by atomic mass is 9.95. The smallest absolute Gasteiger partial charge is 0.270 e. The number of halogens is 1. The average Bonchev–Trinajstić information content (AvgIpc) is 2.41. The monoisotopic (exact) mass is 326 g/mol. The Balaban J connectivity index is 2.00. The van der Waals surface area contributed by atoms with Gasteiger partial charge in [0.05, 0.1) is 4.92 Å². The Kier molecular flexibility index (Phi) is 4.52. The number of nitrogens with one attached hydrogen (secondary N) is 1. The molecule has 0 aliphatic heterocycles. The first-order valence-electron chi connectivity index (χ1n) is 6.25. The minimum atomic E-state index is -0.493. The summed E-state index contributed by atoms with van der Waals surface area (Å²) in [4.78, 5) is 22.7. The number of carbonyl (C=O) groups excluding carboxylic acids is 1. The molecule has 1 aromatic carbocycles. The van der Waals surface area contributed by atoms with Gasteiger partial charge in [-0.2, -0.15) is 0 Å². The molecule has 1 aromatic rings. The molecule has 1 aliphatic rings. The molecular formula is C13H15BrN2O3. The van der Waals surface area contributed by atoms with Gasteiger partial charge in [0.1, 0.15) is 0 Å². The van der Waals surface area contributed by atoms with Crippen molar-refractivity contribution in [2.24, 2.45) is 0 Å². The standard InChI is InChI=1S/C13H15BrN2O3/c14-10-4-6-11(7-5-10)15-13(17)9-2-1-3-12(8-9)16(18)19/h1-3,8,10-11H,4-7H2,(H,15,17). The molecule has 102 valence electrons. The Bertz CT molecular complexity index is 485. The lowest BCUT2D eigenvalue weighted by Gasteiger charge is -2.26. The third-order valence-electron chi connectivity index (χ3n) is 3.31. The van der Waals surface area contributed by atoms with Crippen molar-refractivity contribution in [1.82, 2.24) is 5.32 Å². The van der Waals surface area contributed by atoms with Crippen molar-refractivity contribution in [2.45, 2.75) is 36.6 Å². The summed E-state index contributed by atoms with van der Waals surface area (Å²) in [7, 11) is 0. The van der Waals surface area contributed by atoms with Gasteiger partial charge < -0.3 is 5.32 Å². The summed E-state index contributed by atoms with van der Waals surface area (Å²) < 4.78 is 0. The summed E-state index contributed by atoms with van der Waals surface area (Å²) in [6.07, 6.45) is 3.97. The molecule has 0 saturated heterocycles. The molecule has 0 spiro atoms. The van der Waals surface area contributed by atoms with Crippen LogP contribution in [-0.4, -0.2) is 21.7 Å². The number of non-ortho nitro benzene ring substituents is 1. The van der Waals surface area contributed by atoms with E-state index < -0.39 is 4.92 Å². The normalized spacial score (nSPS) is 22.8. The highest BCUT2D eigenvalue weighted by molar-refractivity contribution is 9.09. The summed E-state index contributed by atoms with van der Waals surface area (Å²) in [6, 6.07) is 5.99. The van der Waals surface area contributed by atoms with Gasteiger partial charge in [-0.25, -0.2) is 0 Å². The van der Waals surface area contributed by atoms with Crippen molar-refractivity contribution < 1.29 is 9.72 Å². The van der Waals surface area contributed by atoms with Gasteiger partial charge >= 0.3 is 0 Å². The van der Waals surface area contributed by atoms with Crippen LogP contribution in [-0.2, 0) is 0 Å². The number of hydrogen-bond donors (Lipinski definition) is 1. The van der Waals surface area contributed by atoms with E-state index in [2.05, 4.69) is 21.2 Å². The van der Waals surface area contributed by atoms with Crippen molar-refractivity contribution in [2.75, 3.05) is 0 Å². The van der Waals surface area contributed by atoms with Crippen LogP contribution in [0.3, 0.4) is 0 Å². The lowest BCUT2D eigenvalue weighted by molar-refractivity contribution is -0.384. The zero-order valence-corrected chi connectivity index (χ0v) is 11.9. The Morgan fingerprint density at radius 2 is 2.00 bits per heavy atom. The number of benzene rings is 1. The highest BCUT2D eigenvalue weighted by Gasteiger charge is 2.21. The molecule has 1 N–H and O–H groups in total. The number of nitro benzene ring substituents is 1. The molecular weight excluding hydrogens is 312 g/mol. The van der Waals surface area contributed by atoms with Gasteiger partial charge in [0.2, 0.25) is 0 Å². The van der Waals surface area contributed by atoms with Crippen LogP contribution in [0.15, 0.2) is 24.3 Å². The van der Waals surface area contributed by atoms with Gasteiger partial charge in [0, 0.05) is 28.6 Å². The van der Waals surface area contributed by atoms with E-state index in [4.69, 9.17) is 0 Å². The van der Waals surface area contributed by atoms with E-state index in [9.17, 15) is 14.9 Å². The number of alkyl halides is 1. The average molecular weight is 327 g/mol. The fraction of sp³-hybridized carbons (Fsp3) is 0.462. The number of nitrogens with zero attached hydrogens (tertiary/aromatic N) is 1. The maximum atomic E-state index is 12.0. The molecule has 0 unspecified atom stereocenters. The summed E-state index contributed by atoms with van der Waals surface area (Å²) >= 11 is 3.56. The Labute approximate surface area is 119 Å². The molecule has 1 fully saturated rings. The number of rotatable bonds is 3. The fourth-order valence-electron chi connectivity index (χ4n) is 2.23. The zero-order chi connectivity index (χ0) is 13.8. The van der Waals surface area contributed by atoms with E-state index in [0.29, 0.717) is 10.4 Å². The van der Waals surface area contributed by atoms with Gasteiger partial charge in [-0.15, -0.1) is 0 Å². The van der Waals surface area contributed by atoms with Gasteiger partial charge in [-0.05, 0) is 31.7 Å². The number of carbonyl (C=O) groups is 1. The predicted octanol–water partition coefficient (Wildman–Crippen LogP) is 3.03. The molecule has 6 heteroatoms. The summed E-state index contributed by atoms with van der Waals surface area (Å²) in [5, 5.41) is 13.6. The third kappa shape index (κ3) is 3.76. The number of amides is 1. The number of hydrogen-bond acceptors (Lipinski definition) is 3.